The molecule has 1 aromatic heterocycles. The number of hydrogen-bond donors (Lipinski definition) is 2. The lowest BCUT2D eigenvalue weighted by atomic mass is 9.74. The number of rotatable bonds is 8. The zero-order valence-electron chi connectivity index (χ0n) is 22.4. The van der Waals surface area contributed by atoms with Crippen molar-refractivity contribution in [2.75, 3.05) is 24.6 Å². The van der Waals surface area contributed by atoms with Gasteiger partial charge in [-0.15, -0.1) is 0 Å². The number of carbonyl (C=O) groups excluding carboxylic acids is 2. The molecule has 3 atom stereocenters. The first-order chi connectivity index (χ1) is 19.1. The molecule has 2 aliphatic rings. The summed E-state index contributed by atoms with van der Waals surface area (Å²) in [7, 11) is 0. The van der Waals surface area contributed by atoms with Crippen LogP contribution in [0.25, 0.3) is 0 Å². The average Bonchev–Trinajstić information content (AvgIpc) is 3.55. The van der Waals surface area contributed by atoms with Crippen molar-refractivity contribution in [1.29, 1.82) is 0 Å². The maximum absolute atomic E-state index is 13.4. The summed E-state index contributed by atoms with van der Waals surface area (Å²) in [5.74, 6) is 0.647. The number of aromatic nitrogens is 1. The van der Waals surface area contributed by atoms with Gasteiger partial charge in [0.15, 0.2) is 0 Å². The first-order valence-electron chi connectivity index (χ1n) is 14.2. The molecule has 39 heavy (non-hydrogen) atoms. The lowest BCUT2D eigenvalue weighted by Gasteiger charge is -2.32. The number of aliphatic hydroxyl groups is 1. The van der Waals surface area contributed by atoms with Crippen LogP contribution in [0.4, 0.5) is 10.6 Å². The lowest BCUT2D eigenvalue weighted by Crippen LogP contribution is -2.42. The molecule has 2 aromatic carbocycles. The Morgan fingerprint density at radius 3 is 2.33 bits per heavy atom. The van der Waals surface area contributed by atoms with Gasteiger partial charge in [0.2, 0.25) is 5.91 Å². The van der Waals surface area contributed by atoms with Gasteiger partial charge in [0, 0.05) is 25.2 Å². The topological polar surface area (TPSA) is 85.8 Å². The third kappa shape index (κ3) is 6.48. The first-order valence-corrected chi connectivity index (χ1v) is 14.2. The predicted octanol–water partition coefficient (Wildman–Crippen LogP) is 5.43. The van der Waals surface area contributed by atoms with Gasteiger partial charge < -0.3 is 15.3 Å². The SMILES string of the molecule is O=C(N[C@@H](CO)c1ccccc1)[C@H]1CCCC[C@@H]1c1ccc(CN(C(=O)N2CCCC2)c2ccccn2)cc1. The molecule has 3 amide bonds. The van der Waals surface area contributed by atoms with Crippen molar-refractivity contribution in [3.8, 4) is 0 Å². The van der Waals surface area contributed by atoms with Crippen LogP contribution < -0.4 is 10.2 Å². The summed E-state index contributed by atoms with van der Waals surface area (Å²) >= 11 is 0. The van der Waals surface area contributed by atoms with E-state index in [1.165, 1.54) is 0 Å². The third-order valence-corrected chi connectivity index (χ3v) is 8.09. The fraction of sp³-hybridized carbons (Fsp3) is 0.406. The molecule has 7 heteroatoms. The van der Waals surface area contributed by atoms with E-state index in [9.17, 15) is 14.7 Å². The standard InChI is InChI=1S/C32H38N4O3/c37-23-29(26-10-2-1-3-11-26)34-31(38)28-13-5-4-12-27(28)25-17-15-24(16-18-25)22-36(30-14-6-7-19-33-30)32(39)35-20-8-9-21-35/h1-3,6-7,10-11,14-19,27-29,37H,4-5,8-9,12-13,20-23H2,(H,34,38)/t27-,28+,29+/m1/s1. The number of nitrogens with one attached hydrogen (secondary N) is 1. The Labute approximate surface area is 230 Å². The van der Waals surface area contributed by atoms with Crippen LogP contribution in [0, 0.1) is 5.92 Å². The molecular weight excluding hydrogens is 488 g/mol. The molecule has 5 rings (SSSR count). The van der Waals surface area contributed by atoms with Gasteiger partial charge in [0.25, 0.3) is 0 Å². The largest absolute Gasteiger partial charge is 0.394 e. The predicted molar refractivity (Wildman–Crippen MR) is 152 cm³/mol. The van der Waals surface area contributed by atoms with Gasteiger partial charge >= 0.3 is 6.03 Å². The van der Waals surface area contributed by atoms with Crippen molar-refractivity contribution in [3.05, 3.63) is 95.7 Å². The summed E-state index contributed by atoms with van der Waals surface area (Å²) in [6.45, 7) is 1.88. The molecule has 1 aliphatic carbocycles. The van der Waals surface area contributed by atoms with Gasteiger partial charge in [-0.3, -0.25) is 9.69 Å². The number of aliphatic hydroxyl groups excluding tert-OH is 1. The number of benzene rings is 2. The zero-order valence-corrected chi connectivity index (χ0v) is 22.4. The fourth-order valence-corrected chi connectivity index (χ4v) is 5.93. The number of amides is 3. The van der Waals surface area contributed by atoms with Gasteiger partial charge in [-0.25, -0.2) is 9.78 Å². The molecule has 0 unspecified atom stereocenters. The number of likely N-dealkylation sites (tertiary alicyclic amines) is 1. The summed E-state index contributed by atoms with van der Waals surface area (Å²) in [6.07, 6.45) is 7.71. The van der Waals surface area contributed by atoms with Crippen molar-refractivity contribution in [1.82, 2.24) is 15.2 Å². The van der Waals surface area contributed by atoms with E-state index in [0.29, 0.717) is 12.4 Å². The minimum Gasteiger partial charge on any atom is -0.394 e. The highest BCUT2D eigenvalue weighted by Crippen LogP contribution is 2.38. The van der Waals surface area contributed by atoms with E-state index in [0.717, 1.165) is 68.3 Å². The molecule has 2 fully saturated rings. The number of carbonyl (C=O) groups is 2. The van der Waals surface area contributed by atoms with E-state index >= 15 is 0 Å². The zero-order chi connectivity index (χ0) is 27.0. The van der Waals surface area contributed by atoms with Crippen molar-refractivity contribution in [3.63, 3.8) is 0 Å². The summed E-state index contributed by atoms with van der Waals surface area (Å²) in [5, 5.41) is 13.1. The summed E-state index contributed by atoms with van der Waals surface area (Å²) in [5.41, 5.74) is 3.08. The van der Waals surface area contributed by atoms with Gasteiger partial charge in [-0.05, 0) is 60.4 Å². The highest BCUT2D eigenvalue weighted by atomic mass is 16.3. The number of nitrogens with zero attached hydrogens (tertiary/aromatic N) is 3. The quantitative estimate of drug-likeness (QED) is 0.410. The molecule has 7 nitrogen and oxygen atoms in total. The first kappa shape index (κ1) is 26.9. The summed E-state index contributed by atoms with van der Waals surface area (Å²) in [4.78, 5) is 34.9. The van der Waals surface area contributed by atoms with Gasteiger partial charge in [0.1, 0.15) is 5.82 Å². The smallest absolute Gasteiger partial charge is 0.325 e. The van der Waals surface area contributed by atoms with Crippen LogP contribution in [0.15, 0.2) is 79.0 Å². The highest BCUT2D eigenvalue weighted by molar-refractivity contribution is 5.91. The number of anilines is 1. The Balaban J connectivity index is 1.30. The molecule has 0 radical (unpaired) electrons. The second-order valence-electron chi connectivity index (χ2n) is 10.6. The normalized spacial score (nSPS) is 19.9. The van der Waals surface area contributed by atoms with Crippen LogP contribution in [0.2, 0.25) is 0 Å². The molecule has 2 N–H and O–H groups in total. The fourth-order valence-electron chi connectivity index (χ4n) is 5.93. The Kier molecular flexibility index (Phi) is 8.89. The Morgan fingerprint density at radius 2 is 1.64 bits per heavy atom. The summed E-state index contributed by atoms with van der Waals surface area (Å²) < 4.78 is 0. The Hall–Kier alpha value is -3.71. The van der Waals surface area contributed by atoms with E-state index in [1.807, 2.05) is 53.4 Å². The van der Waals surface area contributed by atoms with Crippen molar-refractivity contribution in [2.45, 2.75) is 57.0 Å². The molecule has 1 saturated heterocycles. The van der Waals surface area contributed by atoms with Gasteiger partial charge in [-0.2, -0.15) is 0 Å². The Morgan fingerprint density at radius 1 is 0.923 bits per heavy atom. The molecule has 1 saturated carbocycles. The minimum absolute atomic E-state index is 0.00357. The molecule has 2 heterocycles. The molecule has 3 aromatic rings. The molecule has 0 bridgehead atoms. The number of pyridine rings is 1. The van der Waals surface area contributed by atoms with Crippen LogP contribution in [0.3, 0.4) is 0 Å². The van der Waals surface area contributed by atoms with Crippen LogP contribution in [-0.4, -0.2) is 46.6 Å². The van der Waals surface area contributed by atoms with Gasteiger partial charge in [-0.1, -0.05) is 73.5 Å². The van der Waals surface area contributed by atoms with Crippen LogP contribution >= 0.6 is 0 Å². The molecule has 1 aliphatic heterocycles. The van der Waals surface area contributed by atoms with E-state index < -0.39 is 6.04 Å². The maximum atomic E-state index is 13.4. The van der Waals surface area contributed by atoms with E-state index in [4.69, 9.17) is 0 Å². The van der Waals surface area contributed by atoms with Crippen LogP contribution in [0.1, 0.15) is 67.2 Å². The molecule has 204 valence electrons. The van der Waals surface area contributed by atoms with E-state index in [1.54, 1.807) is 11.1 Å². The second kappa shape index (κ2) is 12.9. The maximum Gasteiger partial charge on any atom is 0.325 e. The molecule has 0 spiro atoms. The monoisotopic (exact) mass is 526 g/mol. The molecular formula is C32H38N4O3. The Bertz CT molecular complexity index is 1210. The average molecular weight is 527 g/mol. The van der Waals surface area contributed by atoms with Crippen molar-refractivity contribution < 1.29 is 14.7 Å². The second-order valence-corrected chi connectivity index (χ2v) is 10.6. The van der Waals surface area contributed by atoms with E-state index in [-0.39, 0.29) is 30.4 Å². The number of urea groups is 1. The lowest BCUT2D eigenvalue weighted by molar-refractivity contribution is -0.127. The highest BCUT2D eigenvalue weighted by Gasteiger charge is 2.33. The van der Waals surface area contributed by atoms with E-state index in [2.05, 4.69) is 34.6 Å². The van der Waals surface area contributed by atoms with Crippen molar-refractivity contribution >= 4 is 17.8 Å². The van der Waals surface area contributed by atoms with Crippen LogP contribution in [-0.2, 0) is 11.3 Å². The van der Waals surface area contributed by atoms with Gasteiger partial charge in [0.05, 0.1) is 19.2 Å². The van der Waals surface area contributed by atoms with Crippen molar-refractivity contribution in [2.24, 2.45) is 5.92 Å². The number of hydrogen-bond acceptors (Lipinski definition) is 4. The van der Waals surface area contributed by atoms with Crippen LogP contribution in [0.5, 0.6) is 0 Å². The minimum atomic E-state index is -0.408. The summed E-state index contributed by atoms with van der Waals surface area (Å²) in [6, 6.07) is 23.2. The third-order valence-electron chi connectivity index (χ3n) is 8.09.